The van der Waals surface area contributed by atoms with E-state index in [1.54, 1.807) is 24.2 Å². The number of benzene rings is 1. The molecule has 2 aromatic heterocycles. The van der Waals surface area contributed by atoms with Crippen molar-refractivity contribution in [3.8, 4) is 22.9 Å². The second-order valence-electron chi connectivity index (χ2n) is 4.00. The van der Waals surface area contributed by atoms with Crippen LogP contribution in [0.15, 0.2) is 52.0 Å². The summed E-state index contributed by atoms with van der Waals surface area (Å²) in [4.78, 5) is 5.12. The first-order valence-electron chi connectivity index (χ1n) is 5.86. The predicted molar refractivity (Wildman–Crippen MR) is 79.8 cm³/mol. The average Bonchev–Trinajstić information content (AvgIpc) is 2.98. The van der Waals surface area contributed by atoms with Gasteiger partial charge >= 0.3 is 0 Å². The van der Waals surface area contributed by atoms with Gasteiger partial charge in [0.25, 0.3) is 0 Å². The molecule has 3 rings (SSSR count). The van der Waals surface area contributed by atoms with Gasteiger partial charge < -0.3 is 4.42 Å². The molecule has 3 aromatic rings. The molecule has 0 fully saturated rings. The molecular weight excluding hydrogens is 294 g/mol. The minimum absolute atomic E-state index is 0.407. The van der Waals surface area contributed by atoms with Crippen molar-refractivity contribution in [2.75, 3.05) is 6.26 Å². The Hall–Kier alpha value is -1.85. The van der Waals surface area contributed by atoms with Crippen molar-refractivity contribution < 1.29 is 4.42 Å². The molecule has 0 saturated heterocycles. The summed E-state index contributed by atoms with van der Waals surface area (Å²) < 4.78 is 5.68. The lowest BCUT2D eigenvalue weighted by atomic mass is 10.2. The molecule has 0 aliphatic rings. The quantitative estimate of drug-likeness (QED) is 0.680. The zero-order valence-corrected chi connectivity index (χ0v) is 12.1. The summed E-state index contributed by atoms with van der Waals surface area (Å²) in [6.45, 7) is 0. The van der Waals surface area contributed by atoms with Crippen LogP contribution in [0.1, 0.15) is 0 Å². The van der Waals surface area contributed by atoms with Crippen molar-refractivity contribution in [1.82, 2.24) is 15.2 Å². The van der Waals surface area contributed by atoms with Gasteiger partial charge in [-0.2, -0.15) is 0 Å². The summed E-state index contributed by atoms with van der Waals surface area (Å²) in [5, 5.41) is 8.69. The van der Waals surface area contributed by atoms with Gasteiger partial charge in [0.05, 0.1) is 16.1 Å². The Bertz CT molecular complexity index is 730. The van der Waals surface area contributed by atoms with E-state index in [0.717, 1.165) is 16.0 Å². The lowest BCUT2D eigenvalue weighted by Crippen LogP contribution is -1.81. The lowest BCUT2D eigenvalue weighted by molar-refractivity contribution is 0.584. The predicted octanol–water partition coefficient (Wildman–Crippen LogP) is 4.17. The zero-order chi connectivity index (χ0) is 13.9. The van der Waals surface area contributed by atoms with Crippen molar-refractivity contribution in [3.05, 3.63) is 47.7 Å². The second kappa shape index (κ2) is 5.64. The Morgan fingerprint density at radius 1 is 1.15 bits per heavy atom. The third-order valence-corrected chi connectivity index (χ3v) is 3.79. The summed E-state index contributed by atoms with van der Waals surface area (Å²) in [6, 6.07) is 9.41. The number of aromatic nitrogens is 3. The highest BCUT2D eigenvalue weighted by Crippen LogP contribution is 2.32. The molecule has 4 nitrogen and oxygen atoms in total. The fourth-order valence-corrected chi connectivity index (χ4v) is 2.37. The second-order valence-corrected chi connectivity index (χ2v) is 5.29. The summed E-state index contributed by atoms with van der Waals surface area (Å²) in [6.07, 6.45) is 5.37. The molecule has 0 saturated carbocycles. The smallest absolute Gasteiger partial charge is 0.249 e. The molecule has 0 N–H and O–H groups in total. The fraction of sp³-hybridized carbons (Fsp3) is 0.0714. The number of halogens is 1. The third kappa shape index (κ3) is 2.55. The van der Waals surface area contributed by atoms with E-state index in [4.69, 9.17) is 16.0 Å². The van der Waals surface area contributed by atoms with Crippen LogP contribution in [0.25, 0.3) is 22.9 Å². The van der Waals surface area contributed by atoms with Gasteiger partial charge in [-0.1, -0.05) is 11.6 Å². The molecule has 0 amide bonds. The fourth-order valence-electron chi connectivity index (χ4n) is 1.73. The molecule has 0 unspecified atom stereocenters. The molecule has 0 atom stereocenters. The Labute approximate surface area is 125 Å². The van der Waals surface area contributed by atoms with E-state index in [2.05, 4.69) is 15.2 Å². The molecule has 1 aromatic carbocycles. The van der Waals surface area contributed by atoms with Gasteiger partial charge in [0, 0.05) is 17.3 Å². The van der Waals surface area contributed by atoms with Gasteiger partial charge in [0.2, 0.25) is 11.8 Å². The van der Waals surface area contributed by atoms with Gasteiger partial charge in [-0.3, -0.25) is 4.98 Å². The van der Waals surface area contributed by atoms with Crippen LogP contribution in [-0.2, 0) is 0 Å². The number of hydrogen-bond donors (Lipinski definition) is 0. The van der Waals surface area contributed by atoms with Crippen LogP contribution >= 0.6 is 23.4 Å². The number of rotatable bonds is 3. The number of thioether (sulfide) groups is 1. The first-order valence-corrected chi connectivity index (χ1v) is 7.46. The van der Waals surface area contributed by atoms with E-state index >= 15 is 0 Å². The summed E-state index contributed by atoms with van der Waals surface area (Å²) in [5.41, 5.74) is 1.52. The molecular formula is C14H10ClN3OS. The van der Waals surface area contributed by atoms with Crippen LogP contribution < -0.4 is 0 Å². The maximum Gasteiger partial charge on any atom is 0.249 e. The summed E-state index contributed by atoms with van der Waals surface area (Å²) in [5.74, 6) is 0.837. The van der Waals surface area contributed by atoms with Gasteiger partial charge in [0.15, 0.2) is 0 Å². The highest BCUT2D eigenvalue weighted by atomic mass is 35.5. The highest BCUT2D eigenvalue weighted by Gasteiger charge is 2.13. The summed E-state index contributed by atoms with van der Waals surface area (Å²) >= 11 is 7.82. The SMILES string of the molecule is CSc1ccc(Cl)c(-c2nnc(-c3cccnc3)o2)c1. The van der Waals surface area contributed by atoms with Crippen LogP contribution in [0, 0.1) is 0 Å². The largest absolute Gasteiger partial charge is 0.416 e. The topological polar surface area (TPSA) is 51.8 Å². The van der Waals surface area contributed by atoms with Crippen molar-refractivity contribution in [3.63, 3.8) is 0 Å². The molecule has 0 aliphatic carbocycles. The first-order chi connectivity index (χ1) is 9.78. The zero-order valence-electron chi connectivity index (χ0n) is 10.6. The minimum Gasteiger partial charge on any atom is -0.416 e. The van der Waals surface area contributed by atoms with Crippen molar-refractivity contribution in [2.24, 2.45) is 0 Å². The Morgan fingerprint density at radius 3 is 2.75 bits per heavy atom. The van der Waals surface area contributed by atoms with E-state index < -0.39 is 0 Å². The van der Waals surface area contributed by atoms with Crippen LogP contribution in [0.4, 0.5) is 0 Å². The minimum atomic E-state index is 0.407. The van der Waals surface area contributed by atoms with Gasteiger partial charge in [-0.25, -0.2) is 0 Å². The number of hydrogen-bond acceptors (Lipinski definition) is 5. The number of nitrogens with zero attached hydrogens (tertiary/aromatic N) is 3. The molecule has 0 bridgehead atoms. The Morgan fingerprint density at radius 2 is 2.00 bits per heavy atom. The standard InChI is InChI=1S/C14H10ClN3OS/c1-20-10-4-5-12(15)11(7-10)14-18-17-13(19-14)9-3-2-6-16-8-9/h2-8H,1H3. The first kappa shape index (κ1) is 13.1. The van der Waals surface area contributed by atoms with Crippen LogP contribution in [0.2, 0.25) is 5.02 Å². The van der Waals surface area contributed by atoms with Gasteiger partial charge in [0.1, 0.15) is 0 Å². The summed E-state index contributed by atoms with van der Waals surface area (Å²) in [7, 11) is 0. The maximum atomic E-state index is 6.19. The van der Waals surface area contributed by atoms with E-state index in [1.165, 1.54) is 0 Å². The number of pyridine rings is 1. The van der Waals surface area contributed by atoms with E-state index in [-0.39, 0.29) is 0 Å². The lowest BCUT2D eigenvalue weighted by Gasteiger charge is -2.01. The van der Waals surface area contributed by atoms with Gasteiger partial charge in [-0.05, 0) is 36.6 Å². The van der Waals surface area contributed by atoms with Crippen molar-refractivity contribution in [2.45, 2.75) is 4.90 Å². The van der Waals surface area contributed by atoms with Gasteiger partial charge in [-0.15, -0.1) is 22.0 Å². The average molecular weight is 304 g/mol. The van der Waals surface area contributed by atoms with Crippen LogP contribution in [0.5, 0.6) is 0 Å². The molecule has 0 spiro atoms. The highest BCUT2D eigenvalue weighted by molar-refractivity contribution is 7.98. The van der Waals surface area contributed by atoms with E-state index in [1.807, 2.05) is 36.6 Å². The normalized spacial score (nSPS) is 10.7. The Balaban J connectivity index is 2.02. The molecule has 100 valence electrons. The van der Waals surface area contributed by atoms with Crippen LogP contribution in [-0.4, -0.2) is 21.4 Å². The molecule has 20 heavy (non-hydrogen) atoms. The maximum absolute atomic E-state index is 6.19. The van der Waals surface area contributed by atoms with Crippen molar-refractivity contribution >= 4 is 23.4 Å². The van der Waals surface area contributed by atoms with E-state index in [9.17, 15) is 0 Å². The van der Waals surface area contributed by atoms with Crippen molar-refractivity contribution in [1.29, 1.82) is 0 Å². The molecule has 0 aliphatic heterocycles. The van der Waals surface area contributed by atoms with E-state index in [0.29, 0.717) is 16.8 Å². The third-order valence-electron chi connectivity index (χ3n) is 2.74. The van der Waals surface area contributed by atoms with Crippen LogP contribution in [0.3, 0.4) is 0 Å². The molecule has 2 heterocycles. The Kier molecular flexibility index (Phi) is 3.71. The molecule has 6 heteroatoms. The molecule has 0 radical (unpaired) electrons. The monoisotopic (exact) mass is 303 g/mol.